The molecule has 18 nitrogen and oxygen atoms in total. The van der Waals surface area contributed by atoms with E-state index in [4.69, 9.17) is 21.2 Å². The molecule has 4 aromatic heterocycles. The van der Waals surface area contributed by atoms with Crippen LogP contribution in [0.1, 0.15) is 94.6 Å². The summed E-state index contributed by atoms with van der Waals surface area (Å²) in [5.41, 5.74) is 15.9. The zero-order chi connectivity index (χ0) is 40.8. The third-order valence-electron chi connectivity index (χ3n) is 9.33. The van der Waals surface area contributed by atoms with Crippen LogP contribution >= 0.6 is 0 Å². The Bertz CT molecular complexity index is 2510. The molecule has 0 radical (unpaired) electrons. The van der Waals surface area contributed by atoms with E-state index in [9.17, 15) is 24.3 Å². The minimum atomic E-state index is -0.692. The molecule has 0 bridgehead atoms. The van der Waals surface area contributed by atoms with Gasteiger partial charge in [0.1, 0.15) is 22.7 Å². The van der Waals surface area contributed by atoms with Gasteiger partial charge in [-0.3, -0.25) is 39.2 Å². The molecule has 306 valence electrons. The molecule has 0 aliphatic rings. The number of imidazole rings is 2. The average Bonchev–Trinajstić information content (AvgIpc) is 3.98. The van der Waals surface area contributed by atoms with E-state index in [1.807, 2.05) is 39.8 Å². The SMILES string of the molecule is C.CCc1cc(C(=O)Nc2nc3ccc(C(N)=O)cc3n2C/C=C/Cn2c(NC(=O)c3cc(CC)nn3CC)nc3cc(C(N)=O)cc(OCCCO)c32)n(CC)n1. The zero-order valence-electron chi connectivity index (χ0n) is 32.3. The topological polar surface area (TPSA) is 245 Å². The van der Waals surface area contributed by atoms with Gasteiger partial charge in [-0.05, 0) is 69.2 Å². The van der Waals surface area contributed by atoms with E-state index < -0.39 is 23.6 Å². The quantitative estimate of drug-likeness (QED) is 0.0610. The molecule has 4 amide bonds. The van der Waals surface area contributed by atoms with Gasteiger partial charge >= 0.3 is 0 Å². The first-order chi connectivity index (χ1) is 27.5. The molecule has 6 rings (SSSR count). The standard InChI is InChI=1S/C39H46N12O6.CH4/c1-5-25-21-30(50(7-3)46-25)36(55)44-38-42-27-13-12-23(34(40)53)19-29(27)48(38)14-9-10-15-49-33-28(18-24(35(41)54)20-32(33)57-17-11-16-52)43-39(49)45-37(56)31-22-26(6-2)47-51(31)8-4;/h9-10,12-13,18-22,52H,5-8,11,14-17H2,1-4H3,(H2,40,53)(H2,41,54)(H,42,44,55)(H,43,45,56);1H4/b10-9+;. The van der Waals surface area contributed by atoms with E-state index in [0.29, 0.717) is 65.8 Å². The van der Waals surface area contributed by atoms with Gasteiger partial charge in [-0.2, -0.15) is 10.2 Å². The fourth-order valence-electron chi connectivity index (χ4n) is 6.38. The van der Waals surface area contributed by atoms with E-state index >= 15 is 0 Å². The second-order valence-corrected chi connectivity index (χ2v) is 13.1. The van der Waals surface area contributed by atoms with Crippen LogP contribution in [-0.4, -0.2) is 80.6 Å². The van der Waals surface area contributed by atoms with Crippen LogP contribution in [0.3, 0.4) is 0 Å². The molecule has 0 fully saturated rings. The maximum Gasteiger partial charge on any atom is 0.276 e. The molecule has 0 atom stereocenters. The number of hydrogen-bond acceptors (Lipinski definition) is 10. The highest BCUT2D eigenvalue weighted by atomic mass is 16.5. The number of aliphatic hydroxyl groups excluding tert-OH is 1. The first-order valence-electron chi connectivity index (χ1n) is 18.8. The number of hydrogen-bond donors (Lipinski definition) is 5. The lowest BCUT2D eigenvalue weighted by Gasteiger charge is -2.13. The van der Waals surface area contributed by atoms with E-state index in [0.717, 1.165) is 11.4 Å². The minimum absolute atomic E-state index is 0. The Morgan fingerprint density at radius 2 is 1.29 bits per heavy atom. The molecular weight excluding hydrogens is 745 g/mol. The highest BCUT2D eigenvalue weighted by Gasteiger charge is 2.23. The summed E-state index contributed by atoms with van der Waals surface area (Å²) in [6.45, 7) is 9.05. The van der Waals surface area contributed by atoms with Gasteiger partial charge in [-0.1, -0.05) is 33.4 Å². The molecule has 58 heavy (non-hydrogen) atoms. The van der Waals surface area contributed by atoms with Crippen LogP contribution in [0.5, 0.6) is 5.75 Å². The summed E-state index contributed by atoms with van der Waals surface area (Å²) < 4.78 is 12.8. The molecule has 0 aliphatic heterocycles. The molecule has 18 heteroatoms. The van der Waals surface area contributed by atoms with Crippen molar-refractivity contribution < 1.29 is 29.0 Å². The molecular formula is C40H50N12O6. The van der Waals surface area contributed by atoms with Gasteiger partial charge in [-0.15, -0.1) is 0 Å². The Morgan fingerprint density at radius 1 is 0.741 bits per heavy atom. The van der Waals surface area contributed by atoms with Crippen molar-refractivity contribution in [3.63, 3.8) is 0 Å². The normalized spacial score (nSPS) is 11.3. The van der Waals surface area contributed by atoms with Crippen LogP contribution in [0.15, 0.2) is 54.6 Å². The van der Waals surface area contributed by atoms with Crippen LogP contribution in [0.2, 0.25) is 0 Å². The summed E-state index contributed by atoms with van der Waals surface area (Å²) in [5, 5.41) is 24.3. The van der Waals surface area contributed by atoms with E-state index in [1.54, 1.807) is 48.8 Å². The number of primary amides is 2. The Hall–Kier alpha value is -6.82. The monoisotopic (exact) mass is 794 g/mol. The molecule has 0 aliphatic carbocycles. The second kappa shape index (κ2) is 18.4. The zero-order valence-corrected chi connectivity index (χ0v) is 32.3. The number of anilines is 2. The van der Waals surface area contributed by atoms with E-state index in [-0.39, 0.29) is 62.5 Å². The van der Waals surface area contributed by atoms with Gasteiger partial charge in [0, 0.05) is 50.3 Å². The van der Waals surface area contributed by atoms with Gasteiger partial charge in [0.05, 0.1) is 34.5 Å². The number of allylic oxidation sites excluding steroid dienone is 2. The first-order valence-corrected chi connectivity index (χ1v) is 18.8. The van der Waals surface area contributed by atoms with Gasteiger partial charge < -0.3 is 30.4 Å². The fraction of sp³-hybridized carbons (Fsp3) is 0.350. The van der Waals surface area contributed by atoms with Gasteiger partial charge in [0.2, 0.25) is 23.7 Å². The molecule has 0 spiro atoms. The van der Waals surface area contributed by atoms with Crippen molar-refractivity contribution in [2.24, 2.45) is 11.5 Å². The highest BCUT2D eigenvalue weighted by Crippen LogP contribution is 2.32. The lowest BCUT2D eigenvalue weighted by molar-refractivity contribution is 0.0992. The number of aryl methyl sites for hydroxylation is 4. The maximum absolute atomic E-state index is 13.7. The van der Waals surface area contributed by atoms with Gasteiger partial charge in [-0.25, -0.2) is 9.97 Å². The van der Waals surface area contributed by atoms with Crippen molar-refractivity contribution in [3.8, 4) is 5.75 Å². The van der Waals surface area contributed by atoms with E-state index in [2.05, 4.69) is 25.8 Å². The van der Waals surface area contributed by atoms with Crippen molar-refractivity contribution in [3.05, 3.63) is 88.5 Å². The predicted molar refractivity (Wildman–Crippen MR) is 220 cm³/mol. The van der Waals surface area contributed by atoms with Crippen molar-refractivity contribution in [1.82, 2.24) is 38.7 Å². The summed E-state index contributed by atoms with van der Waals surface area (Å²) in [6.07, 6.45) is 5.30. The Kier molecular flexibility index (Phi) is 13.4. The molecule has 7 N–H and O–H groups in total. The predicted octanol–water partition coefficient (Wildman–Crippen LogP) is 4.30. The Labute approximate surface area is 334 Å². The fourth-order valence-corrected chi connectivity index (χ4v) is 6.38. The molecule has 0 saturated carbocycles. The molecule has 4 heterocycles. The Balaban J connectivity index is 0.00000641. The third kappa shape index (κ3) is 8.76. The molecule has 2 aromatic carbocycles. The number of nitrogens with one attached hydrogen (secondary N) is 2. The number of nitrogens with two attached hydrogens (primary N) is 2. The lowest BCUT2D eigenvalue weighted by Crippen LogP contribution is -2.20. The summed E-state index contributed by atoms with van der Waals surface area (Å²) >= 11 is 0. The molecule has 0 unspecified atom stereocenters. The third-order valence-corrected chi connectivity index (χ3v) is 9.33. The smallest absolute Gasteiger partial charge is 0.276 e. The van der Waals surface area contributed by atoms with Gasteiger partial charge in [0.15, 0.2) is 0 Å². The number of ether oxygens (including phenoxy) is 1. The van der Waals surface area contributed by atoms with Crippen LogP contribution in [0.25, 0.3) is 22.1 Å². The minimum Gasteiger partial charge on any atom is -0.491 e. The summed E-state index contributed by atoms with van der Waals surface area (Å²) in [7, 11) is 0. The average molecular weight is 795 g/mol. The number of carbonyl (C=O) groups excluding carboxylic acids is 4. The number of carbonyl (C=O) groups is 4. The second-order valence-electron chi connectivity index (χ2n) is 13.1. The maximum atomic E-state index is 13.7. The number of rotatable bonds is 18. The van der Waals surface area contributed by atoms with Crippen molar-refractivity contribution in [1.29, 1.82) is 0 Å². The van der Waals surface area contributed by atoms with Crippen molar-refractivity contribution in [2.75, 3.05) is 23.8 Å². The molecule has 0 saturated heterocycles. The van der Waals surface area contributed by atoms with Crippen LogP contribution < -0.4 is 26.8 Å². The number of aliphatic hydroxyl groups is 1. The summed E-state index contributed by atoms with van der Waals surface area (Å²) in [6, 6.07) is 11.4. The van der Waals surface area contributed by atoms with Crippen molar-refractivity contribution in [2.45, 2.75) is 80.6 Å². The summed E-state index contributed by atoms with van der Waals surface area (Å²) in [4.78, 5) is 61.2. The number of fused-ring (bicyclic) bond motifs is 2. The molecule has 6 aromatic rings. The number of benzene rings is 2. The van der Waals surface area contributed by atoms with Crippen LogP contribution in [0.4, 0.5) is 11.9 Å². The van der Waals surface area contributed by atoms with Crippen LogP contribution in [-0.2, 0) is 39.0 Å². The number of amides is 4. The number of aromatic nitrogens is 8. The lowest BCUT2D eigenvalue weighted by atomic mass is 10.1. The highest BCUT2D eigenvalue weighted by molar-refractivity contribution is 6.05. The Morgan fingerprint density at radius 3 is 1.83 bits per heavy atom. The number of nitrogens with zero attached hydrogens (tertiary/aromatic N) is 8. The van der Waals surface area contributed by atoms with Crippen LogP contribution in [0, 0.1) is 0 Å². The first kappa shape index (κ1) is 42.3. The summed E-state index contributed by atoms with van der Waals surface area (Å²) in [5.74, 6) is -1.45. The largest absolute Gasteiger partial charge is 0.491 e. The van der Waals surface area contributed by atoms with E-state index in [1.165, 1.54) is 12.1 Å². The van der Waals surface area contributed by atoms with Gasteiger partial charge in [0.25, 0.3) is 11.8 Å². The van der Waals surface area contributed by atoms with Crippen molar-refractivity contribution >= 4 is 57.6 Å².